The zero-order valence-electron chi connectivity index (χ0n) is 17.8. The van der Waals surface area contributed by atoms with Crippen LogP contribution in [0, 0.1) is 6.92 Å². The summed E-state index contributed by atoms with van der Waals surface area (Å²) < 4.78 is 7.63. The number of aryl methyl sites for hydroxylation is 1. The summed E-state index contributed by atoms with van der Waals surface area (Å²) in [5, 5.41) is 3.82. The van der Waals surface area contributed by atoms with Crippen molar-refractivity contribution in [3.8, 4) is 5.75 Å². The molecule has 0 spiro atoms. The topological polar surface area (TPSA) is 114 Å². The van der Waals surface area contributed by atoms with Crippen LogP contribution < -0.4 is 21.3 Å². The second-order valence-corrected chi connectivity index (χ2v) is 8.63. The number of hydrogen-bond acceptors (Lipinski definition) is 6. The van der Waals surface area contributed by atoms with E-state index in [0.717, 1.165) is 36.4 Å². The van der Waals surface area contributed by atoms with Gasteiger partial charge in [-0.25, -0.2) is 4.79 Å². The maximum atomic E-state index is 12.5. The van der Waals surface area contributed by atoms with Crippen LogP contribution in [0.15, 0.2) is 27.9 Å². The Bertz CT molecular complexity index is 1150. The normalized spacial score (nSPS) is 17.2. The summed E-state index contributed by atoms with van der Waals surface area (Å²) in [4.78, 5) is 52.0. The number of H-pyrrole nitrogens is 1. The van der Waals surface area contributed by atoms with Crippen molar-refractivity contribution >= 4 is 23.4 Å². The van der Waals surface area contributed by atoms with E-state index in [1.165, 1.54) is 10.8 Å². The minimum absolute atomic E-state index is 0.0601. The molecule has 4 rings (SSSR count). The van der Waals surface area contributed by atoms with Gasteiger partial charge in [-0.15, -0.1) is 0 Å². The molecule has 0 unspecified atom stereocenters. The molecule has 2 aliphatic rings. The van der Waals surface area contributed by atoms with Gasteiger partial charge in [0.15, 0.2) is 0 Å². The highest BCUT2D eigenvalue weighted by atomic mass is 35.5. The quantitative estimate of drug-likeness (QED) is 0.629. The fourth-order valence-corrected chi connectivity index (χ4v) is 4.40. The lowest BCUT2D eigenvalue weighted by Gasteiger charge is -2.26. The summed E-state index contributed by atoms with van der Waals surface area (Å²) in [6.07, 6.45) is 3.48. The number of imide groups is 1. The summed E-state index contributed by atoms with van der Waals surface area (Å²) in [5.74, 6) is 0.0244. The highest BCUT2D eigenvalue weighted by Crippen LogP contribution is 2.30. The molecule has 0 atom stereocenters. The van der Waals surface area contributed by atoms with Gasteiger partial charge in [0.2, 0.25) is 11.8 Å². The van der Waals surface area contributed by atoms with E-state index in [1.54, 1.807) is 6.07 Å². The molecule has 0 radical (unpaired) electrons. The van der Waals surface area contributed by atoms with E-state index < -0.39 is 11.2 Å². The number of ether oxygens (including phenoxy) is 1. The van der Waals surface area contributed by atoms with Crippen molar-refractivity contribution in [3.63, 3.8) is 0 Å². The molecule has 1 aromatic heterocycles. The highest BCUT2D eigenvalue weighted by molar-refractivity contribution is 6.30. The first-order valence-corrected chi connectivity index (χ1v) is 11.0. The van der Waals surface area contributed by atoms with Crippen LogP contribution in [0.2, 0.25) is 5.02 Å². The second kappa shape index (κ2) is 9.30. The lowest BCUT2D eigenvalue weighted by atomic mass is 10.1. The lowest BCUT2D eigenvalue weighted by molar-refractivity contribution is -0.139. The number of aromatic nitrogens is 2. The Morgan fingerprint density at radius 2 is 1.72 bits per heavy atom. The molecule has 1 aromatic carbocycles. The molecule has 0 saturated carbocycles. The minimum atomic E-state index is -0.618. The Morgan fingerprint density at radius 1 is 1.03 bits per heavy atom. The standard InChI is InChI=1S/C22H25ClN4O5/c1-13-8-16(23)9-14(20(13)32-17-4-6-24-7-5-17)10-26-11-15(21(30)25-22(26)31)12-27-18(28)2-3-19(27)29/h8-9,11,17,24H,2-7,10,12H2,1H3,(H,25,30,31). The van der Waals surface area contributed by atoms with E-state index in [4.69, 9.17) is 16.3 Å². The first kappa shape index (κ1) is 22.3. The van der Waals surface area contributed by atoms with Gasteiger partial charge in [0.05, 0.1) is 18.7 Å². The van der Waals surface area contributed by atoms with Crippen molar-refractivity contribution in [2.45, 2.75) is 51.8 Å². The Labute approximate surface area is 189 Å². The van der Waals surface area contributed by atoms with E-state index in [0.29, 0.717) is 16.3 Å². The number of nitrogens with one attached hydrogen (secondary N) is 2. The third-order valence-electron chi connectivity index (χ3n) is 5.80. The van der Waals surface area contributed by atoms with Gasteiger partial charge in [-0.1, -0.05) is 11.6 Å². The zero-order valence-corrected chi connectivity index (χ0v) is 18.5. The molecular weight excluding hydrogens is 436 g/mol. The largest absolute Gasteiger partial charge is 0.490 e. The highest BCUT2D eigenvalue weighted by Gasteiger charge is 2.29. The molecule has 9 nitrogen and oxygen atoms in total. The fraction of sp³-hybridized carbons (Fsp3) is 0.455. The molecule has 2 amide bonds. The molecule has 0 aliphatic carbocycles. The summed E-state index contributed by atoms with van der Waals surface area (Å²) in [7, 11) is 0. The van der Waals surface area contributed by atoms with Crippen LogP contribution in [0.1, 0.15) is 42.4 Å². The van der Waals surface area contributed by atoms with E-state index >= 15 is 0 Å². The molecular formula is C22H25ClN4O5. The zero-order chi connectivity index (χ0) is 22.8. The molecule has 2 aliphatic heterocycles. The summed E-state index contributed by atoms with van der Waals surface area (Å²) in [6, 6.07) is 3.56. The van der Waals surface area contributed by atoms with Crippen LogP contribution in [0.25, 0.3) is 0 Å². The molecule has 170 valence electrons. The van der Waals surface area contributed by atoms with Gasteiger partial charge in [-0.3, -0.25) is 28.8 Å². The van der Waals surface area contributed by atoms with Crippen molar-refractivity contribution < 1.29 is 14.3 Å². The number of benzene rings is 1. The van der Waals surface area contributed by atoms with Crippen molar-refractivity contribution in [3.05, 3.63) is 60.9 Å². The monoisotopic (exact) mass is 460 g/mol. The predicted octanol–water partition coefficient (Wildman–Crippen LogP) is 1.33. The maximum Gasteiger partial charge on any atom is 0.328 e. The number of carbonyl (C=O) groups is 2. The summed E-state index contributed by atoms with van der Waals surface area (Å²) in [6.45, 7) is 3.61. The molecule has 32 heavy (non-hydrogen) atoms. The number of piperidine rings is 1. The van der Waals surface area contributed by atoms with Crippen LogP contribution in [-0.4, -0.2) is 45.5 Å². The molecule has 10 heteroatoms. The number of halogens is 1. The van der Waals surface area contributed by atoms with Crippen molar-refractivity contribution in [1.82, 2.24) is 19.8 Å². The average Bonchev–Trinajstić information content (AvgIpc) is 3.06. The van der Waals surface area contributed by atoms with Crippen LogP contribution in [0.4, 0.5) is 0 Å². The Kier molecular flexibility index (Phi) is 6.48. The summed E-state index contributed by atoms with van der Waals surface area (Å²) >= 11 is 6.28. The Balaban J connectivity index is 1.65. The van der Waals surface area contributed by atoms with Gasteiger partial charge in [-0.05, 0) is 50.6 Å². The molecule has 3 heterocycles. The van der Waals surface area contributed by atoms with Gasteiger partial charge < -0.3 is 10.1 Å². The maximum absolute atomic E-state index is 12.5. The fourth-order valence-electron chi connectivity index (χ4n) is 4.10. The number of nitrogens with zero attached hydrogens (tertiary/aromatic N) is 2. The predicted molar refractivity (Wildman–Crippen MR) is 118 cm³/mol. The van der Waals surface area contributed by atoms with Crippen LogP contribution in [0.5, 0.6) is 5.75 Å². The third-order valence-corrected chi connectivity index (χ3v) is 6.01. The number of likely N-dealkylation sites (tertiary alicyclic amines) is 1. The van der Waals surface area contributed by atoms with E-state index in [9.17, 15) is 19.2 Å². The van der Waals surface area contributed by atoms with Crippen LogP contribution >= 0.6 is 11.6 Å². The van der Waals surface area contributed by atoms with E-state index in [-0.39, 0.29) is 49.4 Å². The van der Waals surface area contributed by atoms with Gasteiger partial charge >= 0.3 is 5.69 Å². The third kappa shape index (κ3) is 4.78. The summed E-state index contributed by atoms with van der Waals surface area (Å²) in [5.41, 5.74) is 0.516. The number of carbonyl (C=O) groups excluding carboxylic acids is 2. The van der Waals surface area contributed by atoms with Crippen LogP contribution in [-0.2, 0) is 22.7 Å². The minimum Gasteiger partial charge on any atom is -0.490 e. The average molecular weight is 461 g/mol. The molecule has 2 saturated heterocycles. The number of amides is 2. The number of aromatic amines is 1. The van der Waals surface area contributed by atoms with Gasteiger partial charge in [0, 0.05) is 29.6 Å². The Hall–Kier alpha value is -2.91. The first-order chi connectivity index (χ1) is 15.3. The SMILES string of the molecule is Cc1cc(Cl)cc(Cn2cc(CN3C(=O)CCC3=O)c(=O)[nH]c2=O)c1OC1CCNCC1. The van der Waals surface area contributed by atoms with Crippen molar-refractivity contribution in [1.29, 1.82) is 0 Å². The molecule has 2 N–H and O–H groups in total. The second-order valence-electron chi connectivity index (χ2n) is 8.19. The van der Waals surface area contributed by atoms with Crippen molar-refractivity contribution in [2.24, 2.45) is 0 Å². The number of hydrogen-bond donors (Lipinski definition) is 2. The number of rotatable bonds is 6. The van der Waals surface area contributed by atoms with E-state index in [1.807, 2.05) is 13.0 Å². The van der Waals surface area contributed by atoms with Crippen LogP contribution in [0.3, 0.4) is 0 Å². The molecule has 2 aromatic rings. The van der Waals surface area contributed by atoms with Crippen molar-refractivity contribution in [2.75, 3.05) is 13.1 Å². The first-order valence-electron chi connectivity index (χ1n) is 10.6. The Morgan fingerprint density at radius 3 is 2.41 bits per heavy atom. The van der Waals surface area contributed by atoms with E-state index in [2.05, 4.69) is 10.3 Å². The molecule has 0 bridgehead atoms. The van der Waals surface area contributed by atoms with Gasteiger partial charge in [0.1, 0.15) is 11.9 Å². The van der Waals surface area contributed by atoms with Gasteiger partial charge in [-0.2, -0.15) is 0 Å². The van der Waals surface area contributed by atoms with Gasteiger partial charge in [0.25, 0.3) is 5.56 Å². The smallest absolute Gasteiger partial charge is 0.328 e. The molecule has 2 fully saturated rings. The lowest BCUT2D eigenvalue weighted by Crippen LogP contribution is -2.36.